The molecule has 0 radical (unpaired) electrons. The molecule has 0 spiro atoms. The number of carbonyl (C=O) groups excluding carboxylic acids is 1. The molecule has 4 rings (SSSR count). The van der Waals surface area contributed by atoms with E-state index >= 15 is 0 Å². The molecule has 7 heteroatoms. The summed E-state index contributed by atoms with van der Waals surface area (Å²) in [5.41, 5.74) is 1.04. The largest absolute Gasteiger partial charge is 0.344 e. The third-order valence-electron chi connectivity index (χ3n) is 5.88. The van der Waals surface area contributed by atoms with Gasteiger partial charge in [-0.1, -0.05) is 31.0 Å². The van der Waals surface area contributed by atoms with Gasteiger partial charge in [-0.2, -0.15) is 0 Å². The van der Waals surface area contributed by atoms with E-state index in [0.717, 1.165) is 52.6 Å². The third kappa shape index (κ3) is 3.30. The first-order chi connectivity index (χ1) is 12.9. The monoisotopic (exact) mass is 406 g/mol. The summed E-state index contributed by atoms with van der Waals surface area (Å²) in [6.45, 7) is 1.05. The number of rotatable bonds is 4. The number of fused-ring (bicyclic) bond motifs is 1. The average molecular weight is 407 g/mol. The normalized spacial score (nSPS) is 21.9. The molecular weight excluding hydrogens is 380 g/mol. The summed E-state index contributed by atoms with van der Waals surface area (Å²) in [6, 6.07) is 8.07. The van der Waals surface area contributed by atoms with Crippen LogP contribution in [0.25, 0.3) is 10.1 Å². The molecule has 0 unspecified atom stereocenters. The highest BCUT2D eigenvalue weighted by molar-refractivity contribution is 7.89. The molecule has 146 valence electrons. The Bertz CT molecular complexity index is 959. The van der Waals surface area contributed by atoms with Crippen LogP contribution in [0.3, 0.4) is 0 Å². The van der Waals surface area contributed by atoms with Crippen LogP contribution in [-0.4, -0.2) is 56.0 Å². The molecule has 0 bridgehead atoms. The van der Waals surface area contributed by atoms with Crippen molar-refractivity contribution in [3.05, 3.63) is 34.7 Å². The Kier molecular flexibility index (Phi) is 5.03. The first-order valence-electron chi connectivity index (χ1n) is 9.61. The van der Waals surface area contributed by atoms with E-state index in [1.807, 2.05) is 18.2 Å². The van der Waals surface area contributed by atoms with E-state index in [2.05, 4.69) is 6.07 Å². The number of benzene rings is 1. The van der Waals surface area contributed by atoms with Crippen LogP contribution in [0.4, 0.5) is 0 Å². The Morgan fingerprint density at radius 3 is 2.56 bits per heavy atom. The Hall–Kier alpha value is -1.44. The van der Waals surface area contributed by atoms with Crippen LogP contribution in [0.2, 0.25) is 0 Å². The number of thiophene rings is 1. The second-order valence-electron chi connectivity index (χ2n) is 7.84. The number of amides is 1. The zero-order valence-electron chi connectivity index (χ0n) is 15.8. The van der Waals surface area contributed by atoms with Crippen LogP contribution >= 0.6 is 11.3 Å². The average Bonchev–Trinajstić information content (AvgIpc) is 3.38. The minimum atomic E-state index is -3.22. The fourth-order valence-electron chi connectivity index (χ4n) is 4.42. The zero-order chi connectivity index (χ0) is 19.2. The molecule has 1 saturated heterocycles. The highest BCUT2D eigenvalue weighted by Gasteiger charge is 2.40. The van der Waals surface area contributed by atoms with Crippen molar-refractivity contribution in [3.8, 4) is 0 Å². The Morgan fingerprint density at radius 2 is 1.85 bits per heavy atom. The van der Waals surface area contributed by atoms with E-state index in [1.165, 1.54) is 11.3 Å². The zero-order valence-corrected chi connectivity index (χ0v) is 17.5. The minimum absolute atomic E-state index is 0.00306. The summed E-state index contributed by atoms with van der Waals surface area (Å²) in [4.78, 5) is 15.1. The van der Waals surface area contributed by atoms with Crippen molar-refractivity contribution in [1.29, 1.82) is 0 Å². The second kappa shape index (κ2) is 7.18. The van der Waals surface area contributed by atoms with E-state index in [-0.39, 0.29) is 17.1 Å². The van der Waals surface area contributed by atoms with Gasteiger partial charge in [0.25, 0.3) is 5.91 Å². The van der Waals surface area contributed by atoms with E-state index < -0.39 is 10.0 Å². The summed E-state index contributed by atoms with van der Waals surface area (Å²) in [5.74, 6) is 0.0829. The maximum absolute atomic E-state index is 13.0. The first-order valence-corrected chi connectivity index (χ1v) is 11.9. The molecule has 2 aliphatic rings. The van der Waals surface area contributed by atoms with E-state index in [4.69, 9.17) is 0 Å². The molecule has 1 aliphatic carbocycles. The Labute approximate surface area is 165 Å². The molecule has 2 heterocycles. The second-order valence-corrected chi connectivity index (χ2v) is 11.1. The molecule has 1 aliphatic heterocycles. The van der Waals surface area contributed by atoms with Gasteiger partial charge in [-0.05, 0) is 36.3 Å². The van der Waals surface area contributed by atoms with Crippen molar-refractivity contribution >= 4 is 37.4 Å². The van der Waals surface area contributed by atoms with E-state index in [1.54, 1.807) is 23.3 Å². The lowest BCUT2D eigenvalue weighted by Crippen LogP contribution is -2.36. The molecule has 2 aromatic rings. The van der Waals surface area contributed by atoms with Gasteiger partial charge >= 0.3 is 0 Å². The Balaban J connectivity index is 1.69. The van der Waals surface area contributed by atoms with Crippen molar-refractivity contribution in [2.75, 3.05) is 27.2 Å². The van der Waals surface area contributed by atoms with Gasteiger partial charge in [0.05, 0.1) is 10.1 Å². The smallest absolute Gasteiger partial charge is 0.263 e. The number of sulfonamides is 1. The molecule has 27 heavy (non-hydrogen) atoms. The lowest BCUT2D eigenvalue weighted by Gasteiger charge is -2.21. The van der Waals surface area contributed by atoms with Crippen LogP contribution in [-0.2, 0) is 10.0 Å². The van der Waals surface area contributed by atoms with Gasteiger partial charge < -0.3 is 4.90 Å². The summed E-state index contributed by atoms with van der Waals surface area (Å²) in [6.07, 6.45) is 4.38. The maximum Gasteiger partial charge on any atom is 0.263 e. The fourth-order valence-corrected chi connectivity index (χ4v) is 7.83. The number of hydrogen-bond acceptors (Lipinski definition) is 4. The van der Waals surface area contributed by atoms with Crippen LogP contribution in [0.5, 0.6) is 0 Å². The molecule has 1 amide bonds. The van der Waals surface area contributed by atoms with Gasteiger partial charge in [0.1, 0.15) is 0 Å². The predicted octanol–water partition coefficient (Wildman–Crippen LogP) is 3.66. The van der Waals surface area contributed by atoms with Crippen molar-refractivity contribution in [1.82, 2.24) is 9.21 Å². The van der Waals surface area contributed by atoms with Gasteiger partial charge in [-0.3, -0.25) is 4.79 Å². The van der Waals surface area contributed by atoms with Gasteiger partial charge in [0.2, 0.25) is 10.0 Å². The maximum atomic E-state index is 13.0. The number of nitrogens with zero attached hydrogens (tertiary/aromatic N) is 2. The molecule has 0 N–H and O–H groups in total. The van der Waals surface area contributed by atoms with Crippen molar-refractivity contribution in [2.24, 2.45) is 0 Å². The Morgan fingerprint density at radius 1 is 1.15 bits per heavy atom. The third-order valence-corrected chi connectivity index (χ3v) is 9.42. The van der Waals surface area contributed by atoms with Crippen LogP contribution in [0.15, 0.2) is 24.3 Å². The predicted molar refractivity (Wildman–Crippen MR) is 110 cm³/mol. The molecule has 1 aromatic heterocycles. The van der Waals surface area contributed by atoms with Crippen molar-refractivity contribution < 1.29 is 13.2 Å². The van der Waals surface area contributed by atoms with Gasteiger partial charge in [-0.15, -0.1) is 11.3 Å². The molecule has 1 saturated carbocycles. The number of hydrogen-bond donors (Lipinski definition) is 0. The lowest BCUT2D eigenvalue weighted by molar-refractivity contribution is 0.0831. The van der Waals surface area contributed by atoms with Gasteiger partial charge in [0.15, 0.2) is 0 Å². The molecule has 2 fully saturated rings. The SMILES string of the molecule is CN(C)C(=O)c1sc2ccccc2c1[C@@H]1CCN(S(=O)(=O)C2CCCC2)C1. The topological polar surface area (TPSA) is 57.7 Å². The highest BCUT2D eigenvalue weighted by atomic mass is 32.2. The van der Waals surface area contributed by atoms with Crippen LogP contribution in [0, 0.1) is 0 Å². The molecule has 5 nitrogen and oxygen atoms in total. The lowest BCUT2D eigenvalue weighted by atomic mass is 9.95. The summed E-state index contributed by atoms with van der Waals surface area (Å²) in [5, 5.41) is 0.885. The summed E-state index contributed by atoms with van der Waals surface area (Å²) < 4.78 is 28.8. The van der Waals surface area contributed by atoms with Crippen molar-refractivity contribution in [2.45, 2.75) is 43.3 Å². The van der Waals surface area contributed by atoms with Gasteiger partial charge in [-0.25, -0.2) is 12.7 Å². The van der Waals surface area contributed by atoms with Crippen LogP contribution < -0.4 is 0 Å². The molecule has 1 atom stereocenters. The molecular formula is C20H26N2O3S2. The van der Waals surface area contributed by atoms with E-state index in [0.29, 0.717) is 13.1 Å². The number of carbonyl (C=O) groups is 1. The quantitative estimate of drug-likeness (QED) is 0.778. The van der Waals surface area contributed by atoms with Gasteiger partial charge in [0, 0.05) is 37.8 Å². The first kappa shape index (κ1) is 18.9. The summed E-state index contributed by atoms with van der Waals surface area (Å²) in [7, 11) is 0.308. The molecule has 1 aromatic carbocycles. The van der Waals surface area contributed by atoms with Crippen LogP contribution in [0.1, 0.15) is 53.3 Å². The van der Waals surface area contributed by atoms with Crippen molar-refractivity contribution in [3.63, 3.8) is 0 Å². The highest BCUT2D eigenvalue weighted by Crippen LogP contribution is 2.42. The standard InChI is InChI=1S/C20H26N2O3S2/c1-21(2)20(23)19-18(16-9-5-6-10-17(16)26-19)14-11-12-22(13-14)27(24,25)15-7-3-4-8-15/h5-6,9-10,14-15H,3-4,7-8,11-13H2,1-2H3/t14-/m1/s1. The minimum Gasteiger partial charge on any atom is -0.344 e. The van der Waals surface area contributed by atoms with E-state index in [9.17, 15) is 13.2 Å². The fraction of sp³-hybridized carbons (Fsp3) is 0.550. The summed E-state index contributed by atoms with van der Waals surface area (Å²) >= 11 is 1.52.